The van der Waals surface area contributed by atoms with Gasteiger partial charge in [0.15, 0.2) is 6.04 Å². The molecule has 1 saturated heterocycles. The lowest BCUT2D eigenvalue weighted by molar-refractivity contribution is -0.142. The first-order valence-corrected chi connectivity index (χ1v) is 6.39. The number of hydrogen-bond donors (Lipinski definition) is 3. The summed E-state index contributed by atoms with van der Waals surface area (Å²) in [6.07, 6.45) is 2.92. The molecule has 2 heterocycles. The summed E-state index contributed by atoms with van der Waals surface area (Å²) in [4.78, 5) is 23.1. The van der Waals surface area contributed by atoms with Crippen molar-refractivity contribution in [1.29, 1.82) is 0 Å². The van der Waals surface area contributed by atoms with Crippen LogP contribution in [0, 0.1) is 0 Å². The number of carbonyl (C=O) groups is 2. The van der Waals surface area contributed by atoms with Crippen molar-refractivity contribution in [2.75, 3.05) is 19.7 Å². The van der Waals surface area contributed by atoms with Crippen molar-refractivity contribution in [2.24, 2.45) is 7.05 Å². The van der Waals surface area contributed by atoms with Crippen LogP contribution < -0.4 is 10.6 Å². The molecule has 8 heteroatoms. The van der Waals surface area contributed by atoms with Crippen LogP contribution >= 0.6 is 0 Å². The number of carboxylic acids is 1. The summed E-state index contributed by atoms with van der Waals surface area (Å²) in [6, 6.07) is -1.09. The van der Waals surface area contributed by atoms with Crippen LogP contribution in [0.2, 0.25) is 0 Å². The molecular weight excluding hydrogens is 264 g/mol. The summed E-state index contributed by atoms with van der Waals surface area (Å²) >= 11 is 0. The molecule has 1 aliphatic heterocycles. The van der Waals surface area contributed by atoms with Gasteiger partial charge in [-0.2, -0.15) is 5.10 Å². The number of aryl methyl sites for hydroxylation is 1. The van der Waals surface area contributed by atoms with Gasteiger partial charge in [0.05, 0.1) is 25.3 Å². The molecule has 8 nitrogen and oxygen atoms in total. The Labute approximate surface area is 116 Å². The van der Waals surface area contributed by atoms with Crippen LogP contribution in [0.5, 0.6) is 0 Å². The Hall–Kier alpha value is -1.93. The summed E-state index contributed by atoms with van der Waals surface area (Å²) < 4.78 is 6.90. The Morgan fingerprint density at radius 2 is 2.50 bits per heavy atom. The van der Waals surface area contributed by atoms with Crippen LogP contribution in [0.25, 0.3) is 0 Å². The van der Waals surface area contributed by atoms with Crippen LogP contribution in [0.4, 0.5) is 0 Å². The molecule has 110 valence electrons. The number of carboxylic acid groups (broad SMARTS) is 1. The monoisotopic (exact) mass is 282 g/mol. The molecule has 1 aromatic rings. The molecule has 20 heavy (non-hydrogen) atoms. The zero-order valence-electron chi connectivity index (χ0n) is 11.2. The Morgan fingerprint density at radius 1 is 1.70 bits per heavy atom. The van der Waals surface area contributed by atoms with E-state index in [2.05, 4.69) is 15.7 Å². The molecule has 1 amide bonds. The molecule has 2 atom stereocenters. The lowest BCUT2D eigenvalue weighted by Gasteiger charge is -2.23. The van der Waals surface area contributed by atoms with Gasteiger partial charge in [0.2, 0.25) is 5.91 Å². The number of nitrogens with zero attached hydrogens (tertiary/aromatic N) is 2. The van der Waals surface area contributed by atoms with E-state index in [0.29, 0.717) is 18.7 Å². The quantitative estimate of drug-likeness (QED) is 0.642. The third-order valence-corrected chi connectivity index (χ3v) is 3.03. The Bertz CT molecular complexity index is 482. The highest BCUT2D eigenvalue weighted by molar-refractivity contribution is 5.84. The molecule has 0 aromatic carbocycles. The first-order valence-electron chi connectivity index (χ1n) is 6.39. The highest BCUT2D eigenvalue weighted by Gasteiger charge is 2.25. The van der Waals surface area contributed by atoms with Crippen LogP contribution in [-0.4, -0.2) is 52.6 Å². The second-order valence-electron chi connectivity index (χ2n) is 4.69. The molecule has 3 N–H and O–H groups in total. The maximum Gasteiger partial charge on any atom is 0.331 e. The fourth-order valence-electron chi connectivity index (χ4n) is 2.05. The van der Waals surface area contributed by atoms with Crippen LogP contribution in [-0.2, 0) is 21.4 Å². The minimum atomic E-state index is -1.12. The van der Waals surface area contributed by atoms with E-state index in [0.717, 1.165) is 6.54 Å². The van der Waals surface area contributed by atoms with Crippen LogP contribution in [0.15, 0.2) is 12.4 Å². The number of ether oxygens (including phenoxy) is 1. The molecule has 2 unspecified atom stereocenters. The largest absolute Gasteiger partial charge is 0.479 e. The number of hydrogen-bond acceptors (Lipinski definition) is 5. The fourth-order valence-corrected chi connectivity index (χ4v) is 2.05. The number of carbonyl (C=O) groups excluding carboxylic acids is 1. The number of nitrogens with one attached hydrogen (secondary N) is 2. The first-order chi connectivity index (χ1) is 9.56. The van der Waals surface area contributed by atoms with E-state index in [1.807, 2.05) is 0 Å². The van der Waals surface area contributed by atoms with Gasteiger partial charge in [0.25, 0.3) is 0 Å². The minimum Gasteiger partial charge on any atom is -0.479 e. The van der Waals surface area contributed by atoms with Crippen molar-refractivity contribution in [3.05, 3.63) is 18.0 Å². The molecular formula is C12H18N4O4. The highest BCUT2D eigenvalue weighted by atomic mass is 16.5. The predicted octanol–water partition coefficient (Wildman–Crippen LogP) is -0.959. The maximum atomic E-state index is 11.9. The zero-order chi connectivity index (χ0) is 14.5. The van der Waals surface area contributed by atoms with E-state index in [9.17, 15) is 14.7 Å². The van der Waals surface area contributed by atoms with Gasteiger partial charge in [-0.15, -0.1) is 0 Å². The van der Waals surface area contributed by atoms with Gasteiger partial charge in [0, 0.05) is 31.9 Å². The highest BCUT2D eigenvalue weighted by Crippen LogP contribution is 2.13. The van der Waals surface area contributed by atoms with Gasteiger partial charge in [-0.3, -0.25) is 9.48 Å². The topological polar surface area (TPSA) is 105 Å². The van der Waals surface area contributed by atoms with Crippen molar-refractivity contribution in [1.82, 2.24) is 20.4 Å². The molecule has 1 aromatic heterocycles. The van der Waals surface area contributed by atoms with Crippen molar-refractivity contribution < 1.29 is 19.4 Å². The standard InChI is InChI=1S/C12H18N4O4/c1-16-7-8(5-14-16)11(12(18)19)15-10(17)4-9-6-13-2-3-20-9/h5,7,9,11,13H,2-4,6H2,1H3,(H,15,17)(H,18,19). The van der Waals surface area contributed by atoms with Gasteiger partial charge in [0.1, 0.15) is 0 Å². The van der Waals surface area contributed by atoms with Crippen molar-refractivity contribution in [3.63, 3.8) is 0 Å². The SMILES string of the molecule is Cn1cc(C(NC(=O)CC2CNCCO2)C(=O)O)cn1. The minimum absolute atomic E-state index is 0.136. The lowest BCUT2D eigenvalue weighted by atomic mass is 10.1. The number of aromatic nitrogens is 2. The first kappa shape index (κ1) is 14.5. The predicted molar refractivity (Wildman–Crippen MR) is 69.0 cm³/mol. The van der Waals surface area contributed by atoms with E-state index < -0.39 is 12.0 Å². The fraction of sp³-hybridized carbons (Fsp3) is 0.583. The molecule has 0 saturated carbocycles. The van der Waals surface area contributed by atoms with Gasteiger partial charge in [-0.1, -0.05) is 0 Å². The molecule has 0 aliphatic carbocycles. The molecule has 0 spiro atoms. The average molecular weight is 282 g/mol. The normalized spacial score (nSPS) is 20.4. The number of rotatable bonds is 5. The summed E-state index contributed by atoms with van der Waals surface area (Å²) in [5, 5.41) is 18.7. The Morgan fingerprint density at radius 3 is 3.05 bits per heavy atom. The third kappa shape index (κ3) is 3.78. The van der Waals surface area contributed by atoms with E-state index >= 15 is 0 Å². The van der Waals surface area contributed by atoms with Crippen LogP contribution in [0.3, 0.4) is 0 Å². The van der Waals surface area contributed by atoms with Gasteiger partial charge in [-0.25, -0.2) is 4.79 Å². The van der Waals surface area contributed by atoms with Gasteiger partial charge < -0.3 is 20.5 Å². The van der Waals surface area contributed by atoms with E-state index in [-0.39, 0.29) is 18.4 Å². The summed E-state index contributed by atoms with van der Waals surface area (Å²) in [5.41, 5.74) is 0.441. The summed E-state index contributed by atoms with van der Waals surface area (Å²) in [6.45, 7) is 1.92. The van der Waals surface area contributed by atoms with Crippen molar-refractivity contribution >= 4 is 11.9 Å². The summed E-state index contributed by atoms with van der Waals surface area (Å²) in [5.74, 6) is -1.47. The molecule has 0 radical (unpaired) electrons. The summed E-state index contributed by atoms with van der Waals surface area (Å²) in [7, 11) is 1.69. The van der Waals surface area contributed by atoms with Crippen LogP contribution in [0.1, 0.15) is 18.0 Å². The number of morpholine rings is 1. The number of amides is 1. The second-order valence-corrected chi connectivity index (χ2v) is 4.69. The van der Waals surface area contributed by atoms with Crippen molar-refractivity contribution in [3.8, 4) is 0 Å². The van der Waals surface area contributed by atoms with Crippen molar-refractivity contribution in [2.45, 2.75) is 18.6 Å². The Balaban J connectivity index is 1.94. The smallest absolute Gasteiger partial charge is 0.331 e. The number of aliphatic carboxylic acids is 1. The third-order valence-electron chi connectivity index (χ3n) is 3.03. The maximum absolute atomic E-state index is 11.9. The lowest BCUT2D eigenvalue weighted by Crippen LogP contribution is -2.42. The van der Waals surface area contributed by atoms with Gasteiger partial charge >= 0.3 is 5.97 Å². The molecule has 2 rings (SSSR count). The van der Waals surface area contributed by atoms with Gasteiger partial charge in [-0.05, 0) is 0 Å². The van der Waals surface area contributed by atoms with E-state index in [1.165, 1.54) is 10.9 Å². The zero-order valence-corrected chi connectivity index (χ0v) is 11.2. The average Bonchev–Trinajstić information content (AvgIpc) is 2.83. The Kier molecular flexibility index (Phi) is 4.70. The molecule has 1 fully saturated rings. The van der Waals surface area contributed by atoms with E-state index in [4.69, 9.17) is 4.74 Å². The molecule has 0 bridgehead atoms. The molecule has 1 aliphatic rings. The second kappa shape index (κ2) is 6.49. The van der Waals surface area contributed by atoms with E-state index in [1.54, 1.807) is 13.2 Å².